The van der Waals surface area contributed by atoms with E-state index in [1.807, 2.05) is 18.2 Å². The number of anilines is 1. The smallest absolute Gasteiger partial charge is 0.142 e. The Balaban J connectivity index is 1.60. The van der Waals surface area contributed by atoms with E-state index in [1.54, 1.807) is 0 Å². The number of hydrogen-bond donors (Lipinski definition) is 1. The zero-order valence-electron chi connectivity index (χ0n) is 18.0. The predicted molar refractivity (Wildman–Crippen MR) is 119 cm³/mol. The highest BCUT2D eigenvalue weighted by molar-refractivity contribution is 5.56. The lowest BCUT2D eigenvalue weighted by molar-refractivity contribution is 0.0682. The van der Waals surface area contributed by atoms with Gasteiger partial charge in [0, 0.05) is 6.61 Å². The molecule has 1 heterocycles. The molecule has 4 heteroatoms. The van der Waals surface area contributed by atoms with E-state index >= 15 is 0 Å². The topological polar surface area (TPSA) is 39.7 Å². The van der Waals surface area contributed by atoms with Crippen molar-refractivity contribution in [3.05, 3.63) is 54.1 Å². The van der Waals surface area contributed by atoms with E-state index in [0.717, 1.165) is 56.0 Å². The maximum absolute atomic E-state index is 6.40. The highest BCUT2D eigenvalue weighted by atomic mass is 16.5. The van der Waals surface area contributed by atoms with Gasteiger partial charge in [-0.25, -0.2) is 0 Å². The molecular formula is C25H35NO3. The van der Waals surface area contributed by atoms with E-state index < -0.39 is 0 Å². The fourth-order valence-corrected chi connectivity index (χ4v) is 3.58. The Labute approximate surface area is 175 Å². The van der Waals surface area contributed by atoms with Crippen LogP contribution in [0.2, 0.25) is 0 Å². The van der Waals surface area contributed by atoms with Crippen LogP contribution in [0.1, 0.15) is 57.9 Å². The normalized spacial score (nSPS) is 18.2. The summed E-state index contributed by atoms with van der Waals surface area (Å²) < 4.78 is 18.1. The number of hydrogen-bond acceptors (Lipinski definition) is 4. The lowest BCUT2D eigenvalue weighted by Gasteiger charge is -2.23. The van der Waals surface area contributed by atoms with E-state index in [0.29, 0.717) is 12.5 Å². The van der Waals surface area contributed by atoms with Crippen LogP contribution < -0.4 is 14.8 Å². The molecule has 158 valence electrons. The molecule has 0 saturated carbocycles. The van der Waals surface area contributed by atoms with Gasteiger partial charge in [0.25, 0.3) is 0 Å². The van der Waals surface area contributed by atoms with Gasteiger partial charge < -0.3 is 19.5 Å². The summed E-state index contributed by atoms with van der Waals surface area (Å²) >= 11 is 0. The number of ether oxygens (including phenoxy) is 3. The van der Waals surface area contributed by atoms with E-state index in [4.69, 9.17) is 14.2 Å². The monoisotopic (exact) mass is 397 g/mol. The summed E-state index contributed by atoms with van der Waals surface area (Å²) in [6, 6.07) is 16.5. The van der Waals surface area contributed by atoms with Crippen LogP contribution in [-0.2, 0) is 4.74 Å². The quantitative estimate of drug-likeness (QED) is 0.503. The number of para-hydroxylation sites is 3. The molecule has 0 amide bonds. The minimum Gasteiger partial charge on any atom is -0.489 e. The van der Waals surface area contributed by atoms with Crippen LogP contribution in [0.3, 0.4) is 0 Å². The molecular weight excluding hydrogens is 362 g/mol. The van der Waals surface area contributed by atoms with Crippen molar-refractivity contribution in [2.24, 2.45) is 0 Å². The van der Waals surface area contributed by atoms with E-state index in [1.165, 1.54) is 5.56 Å². The summed E-state index contributed by atoms with van der Waals surface area (Å²) in [5.41, 5.74) is 2.29. The molecule has 3 atom stereocenters. The molecule has 0 aromatic heterocycles. The van der Waals surface area contributed by atoms with Crippen LogP contribution >= 0.6 is 0 Å². The predicted octanol–water partition coefficient (Wildman–Crippen LogP) is 6.03. The van der Waals surface area contributed by atoms with Crippen molar-refractivity contribution in [2.45, 2.75) is 64.6 Å². The molecule has 1 fully saturated rings. The Morgan fingerprint density at radius 1 is 1.03 bits per heavy atom. The molecule has 29 heavy (non-hydrogen) atoms. The van der Waals surface area contributed by atoms with Crippen LogP contribution in [-0.4, -0.2) is 32.0 Å². The van der Waals surface area contributed by atoms with E-state index in [2.05, 4.69) is 56.4 Å². The summed E-state index contributed by atoms with van der Waals surface area (Å²) in [7, 11) is 0. The van der Waals surface area contributed by atoms with Gasteiger partial charge in [0.2, 0.25) is 0 Å². The molecule has 1 aliphatic heterocycles. The first-order chi connectivity index (χ1) is 14.2. The fraction of sp³-hybridized carbons (Fsp3) is 0.520. The molecule has 1 saturated heterocycles. The number of nitrogens with one attached hydrogen (secondary N) is 1. The molecule has 0 aliphatic carbocycles. The zero-order valence-corrected chi connectivity index (χ0v) is 18.0. The molecule has 0 bridgehead atoms. The summed E-state index contributed by atoms with van der Waals surface area (Å²) in [5.74, 6) is 2.36. The first-order valence-corrected chi connectivity index (χ1v) is 11.0. The summed E-state index contributed by atoms with van der Waals surface area (Å²) in [4.78, 5) is 0. The van der Waals surface area contributed by atoms with Crippen molar-refractivity contribution in [3.63, 3.8) is 0 Å². The Hall–Kier alpha value is -2.20. The standard InChI is InChI=1S/C25H35NO3/c1-4-19(3)22-12-6-8-14-24(22)29-20(5-2)17-26-23-13-7-9-15-25(23)28-18-21-11-10-16-27-21/h6-9,12-15,19-21,26H,4-5,10-11,16-18H2,1-3H3. The maximum atomic E-state index is 6.40. The first kappa shape index (κ1) is 21.5. The molecule has 2 aromatic rings. The van der Waals surface area contributed by atoms with Crippen molar-refractivity contribution < 1.29 is 14.2 Å². The average Bonchev–Trinajstić information content (AvgIpc) is 3.29. The van der Waals surface area contributed by atoms with Crippen molar-refractivity contribution in [1.29, 1.82) is 0 Å². The Kier molecular flexibility index (Phi) is 8.24. The van der Waals surface area contributed by atoms with Crippen molar-refractivity contribution in [3.8, 4) is 11.5 Å². The van der Waals surface area contributed by atoms with Gasteiger partial charge in [-0.2, -0.15) is 0 Å². The minimum atomic E-state index is 0.0893. The summed E-state index contributed by atoms with van der Waals surface area (Å²) in [5, 5.41) is 3.53. The van der Waals surface area contributed by atoms with Gasteiger partial charge in [-0.3, -0.25) is 0 Å². The third-order valence-corrected chi connectivity index (χ3v) is 5.67. The van der Waals surface area contributed by atoms with Crippen molar-refractivity contribution >= 4 is 5.69 Å². The summed E-state index contributed by atoms with van der Waals surface area (Å²) in [6.45, 7) is 8.82. The van der Waals surface area contributed by atoms with Gasteiger partial charge in [-0.15, -0.1) is 0 Å². The van der Waals surface area contributed by atoms with Crippen molar-refractivity contribution in [2.75, 3.05) is 25.1 Å². The number of benzene rings is 2. The Morgan fingerprint density at radius 2 is 1.79 bits per heavy atom. The van der Waals surface area contributed by atoms with Gasteiger partial charge in [-0.05, 0) is 55.4 Å². The summed E-state index contributed by atoms with van der Waals surface area (Å²) in [6.07, 6.45) is 4.54. The highest BCUT2D eigenvalue weighted by Gasteiger charge is 2.18. The maximum Gasteiger partial charge on any atom is 0.142 e. The van der Waals surface area contributed by atoms with Gasteiger partial charge in [0.15, 0.2) is 0 Å². The Bertz CT molecular complexity index is 742. The fourth-order valence-electron chi connectivity index (χ4n) is 3.58. The average molecular weight is 398 g/mol. The molecule has 1 N–H and O–H groups in total. The largest absolute Gasteiger partial charge is 0.489 e. The second kappa shape index (κ2) is 11.1. The van der Waals surface area contributed by atoms with Gasteiger partial charge in [0.1, 0.15) is 24.2 Å². The van der Waals surface area contributed by atoms with Crippen LogP contribution in [0.5, 0.6) is 11.5 Å². The molecule has 2 aromatic carbocycles. The third kappa shape index (κ3) is 6.14. The van der Waals surface area contributed by atoms with Crippen LogP contribution in [0.25, 0.3) is 0 Å². The Morgan fingerprint density at radius 3 is 2.52 bits per heavy atom. The molecule has 4 nitrogen and oxygen atoms in total. The number of rotatable bonds is 11. The molecule has 0 radical (unpaired) electrons. The van der Waals surface area contributed by atoms with Gasteiger partial charge >= 0.3 is 0 Å². The van der Waals surface area contributed by atoms with E-state index in [-0.39, 0.29) is 12.2 Å². The first-order valence-electron chi connectivity index (χ1n) is 11.0. The second-order valence-electron chi connectivity index (χ2n) is 7.82. The lowest BCUT2D eigenvalue weighted by atomic mass is 9.98. The van der Waals surface area contributed by atoms with Crippen LogP contribution in [0.4, 0.5) is 5.69 Å². The highest BCUT2D eigenvalue weighted by Crippen LogP contribution is 2.30. The molecule has 3 rings (SSSR count). The van der Waals surface area contributed by atoms with Gasteiger partial charge in [0.05, 0.1) is 18.3 Å². The molecule has 3 unspecified atom stereocenters. The zero-order chi connectivity index (χ0) is 20.5. The third-order valence-electron chi connectivity index (χ3n) is 5.67. The molecule has 1 aliphatic rings. The minimum absolute atomic E-state index is 0.0893. The van der Waals surface area contributed by atoms with E-state index in [9.17, 15) is 0 Å². The molecule has 0 spiro atoms. The lowest BCUT2D eigenvalue weighted by Crippen LogP contribution is -2.26. The SMILES string of the molecule is CCC(CNc1ccccc1OCC1CCCO1)Oc1ccccc1C(C)CC. The van der Waals surface area contributed by atoms with Gasteiger partial charge in [-0.1, -0.05) is 51.1 Å². The van der Waals surface area contributed by atoms with Crippen LogP contribution in [0, 0.1) is 0 Å². The van der Waals surface area contributed by atoms with Crippen LogP contribution in [0.15, 0.2) is 48.5 Å². The second-order valence-corrected chi connectivity index (χ2v) is 7.82. The van der Waals surface area contributed by atoms with Crippen molar-refractivity contribution in [1.82, 2.24) is 0 Å².